The number of aryl methyl sites for hydroxylation is 2. The number of carboxylic acids is 1. The molecule has 9 nitrogen and oxygen atoms in total. The number of amides is 1. The average molecular weight is 505 g/mol. The first-order valence-electron chi connectivity index (χ1n) is 11.0. The highest BCUT2D eigenvalue weighted by Crippen LogP contribution is 2.24. The molecule has 12 heteroatoms. The van der Waals surface area contributed by atoms with E-state index in [0.29, 0.717) is 22.3 Å². The minimum Gasteiger partial charge on any atom is -0.475 e. The molecule has 4 rings (SSSR count). The van der Waals surface area contributed by atoms with Gasteiger partial charge in [0.1, 0.15) is 5.82 Å². The van der Waals surface area contributed by atoms with Gasteiger partial charge < -0.3 is 20.6 Å². The molecular formula is C24H26F3N5O4. The van der Waals surface area contributed by atoms with Crippen molar-refractivity contribution in [3.05, 3.63) is 63.7 Å². The van der Waals surface area contributed by atoms with Gasteiger partial charge in [0, 0.05) is 50.2 Å². The van der Waals surface area contributed by atoms with E-state index in [9.17, 15) is 22.8 Å². The summed E-state index contributed by atoms with van der Waals surface area (Å²) in [5, 5.41) is 13.9. The van der Waals surface area contributed by atoms with Gasteiger partial charge in [-0.1, -0.05) is 0 Å². The number of aromatic nitrogens is 2. The van der Waals surface area contributed by atoms with Crippen molar-refractivity contribution in [2.24, 2.45) is 7.05 Å². The van der Waals surface area contributed by atoms with Gasteiger partial charge in [0.15, 0.2) is 0 Å². The van der Waals surface area contributed by atoms with Crippen molar-refractivity contribution in [2.75, 3.05) is 36.4 Å². The second kappa shape index (κ2) is 10.8. The van der Waals surface area contributed by atoms with E-state index in [1.807, 2.05) is 12.1 Å². The van der Waals surface area contributed by atoms with Gasteiger partial charge in [0.05, 0.1) is 10.9 Å². The minimum absolute atomic E-state index is 0.154. The summed E-state index contributed by atoms with van der Waals surface area (Å²) in [6.45, 7) is 7.76. The predicted molar refractivity (Wildman–Crippen MR) is 130 cm³/mol. The number of carbonyl (C=O) groups excluding carboxylic acids is 1. The summed E-state index contributed by atoms with van der Waals surface area (Å²) in [5.41, 5.74) is 3.93. The van der Waals surface area contributed by atoms with Crippen LogP contribution in [0.2, 0.25) is 0 Å². The van der Waals surface area contributed by atoms with Crippen LogP contribution in [0.4, 0.5) is 24.5 Å². The maximum atomic E-state index is 12.8. The molecule has 1 aromatic heterocycles. The first-order valence-corrected chi connectivity index (χ1v) is 11.0. The van der Waals surface area contributed by atoms with Crippen LogP contribution in [0.15, 0.2) is 41.2 Å². The highest BCUT2D eigenvalue weighted by Gasteiger charge is 2.38. The van der Waals surface area contributed by atoms with Crippen molar-refractivity contribution in [1.29, 1.82) is 0 Å². The van der Waals surface area contributed by atoms with Gasteiger partial charge in [0.2, 0.25) is 0 Å². The van der Waals surface area contributed by atoms with E-state index in [1.165, 1.54) is 10.3 Å². The molecular weight excluding hydrogens is 479 g/mol. The molecule has 2 aromatic carbocycles. The quantitative estimate of drug-likeness (QED) is 0.501. The van der Waals surface area contributed by atoms with Crippen LogP contribution in [-0.4, -0.2) is 58.9 Å². The Morgan fingerprint density at radius 2 is 1.72 bits per heavy atom. The zero-order valence-corrected chi connectivity index (χ0v) is 19.9. The van der Waals surface area contributed by atoms with E-state index in [1.54, 1.807) is 32.2 Å². The lowest BCUT2D eigenvalue weighted by Gasteiger charge is -2.30. The number of benzene rings is 2. The molecule has 1 saturated heterocycles. The van der Waals surface area contributed by atoms with E-state index < -0.39 is 12.1 Å². The maximum absolute atomic E-state index is 12.8. The zero-order chi connectivity index (χ0) is 26.6. The van der Waals surface area contributed by atoms with E-state index in [2.05, 4.69) is 33.5 Å². The number of rotatable bonds is 3. The number of hydrogen-bond donors (Lipinski definition) is 3. The summed E-state index contributed by atoms with van der Waals surface area (Å²) in [7, 11) is 1.68. The fourth-order valence-corrected chi connectivity index (χ4v) is 3.72. The Bertz CT molecular complexity index is 1350. The number of carboxylic acid groups (broad SMARTS) is 1. The minimum atomic E-state index is -5.08. The molecule has 0 spiro atoms. The molecule has 0 atom stereocenters. The first kappa shape index (κ1) is 26.7. The molecule has 1 aliphatic heterocycles. The number of alkyl halides is 3. The highest BCUT2D eigenvalue weighted by molar-refractivity contribution is 6.06. The number of halogens is 3. The Kier molecular flexibility index (Phi) is 7.98. The molecule has 1 fully saturated rings. The lowest BCUT2D eigenvalue weighted by molar-refractivity contribution is -0.192. The predicted octanol–water partition coefficient (Wildman–Crippen LogP) is 2.85. The van der Waals surface area contributed by atoms with E-state index in [0.717, 1.165) is 37.4 Å². The Labute approximate surface area is 204 Å². The molecule has 192 valence electrons. The van der Waals surface area contributed by atoms with E-state index in [-0.39, 0.29) is 11.5 Å². The third kappa shape index (κ3) is 6.19. The summed E-state index contributed by atoms with van der Waals surface area (Å²) < 4.78 is 33.2. The van der Waals surface area contributed by atoms with Gasteiger partial charge in [-0.05, 0) is 55.8 Å². The van der Waals surface area contributed by atoms with Gasteiger partial charge in [-0.15, -0.1) is 0 Å². The number of hydrogen-bond acceptors (Lipinski definition) is 6. The molecule has 1 aliphatic rings. The third-order valence-electron chi connectivity index (χ3n) is 5.72. The molecule has 0 radical (unpaired) electrons. The van der Waals surface area contributed by atoms with Crippen molar-refractivity contribution in [3.8, 4) is 0 Å². The second-order valence-corrected chi connectivity index (χ2v) is 8.25. The highest BCUT2D eigenvalue weighted by atomic mass is 19.4. The summed E-state index contributed by atoms with van der Waals surface area (Å²) in [5.74, 6) is -2.36. The van der Waals surface area contributed by atoms with E-state index in [4.69, 9.17) is 9.90 Å². The molecule has 1 amide bonds. The zero-order valence-electron chi connectivity index (χ0n) is 19.9. The smallest absolute Gasteiger partial charge is 0.475 e. The lowest BCUT2D eigenvalue weighted by Crippen LogP contribution is -2.43. The fourth-order valence-electron chi connectivity index (χ4n) is 3.72. The van der Waals surface area contributed by atoms with Gasteiger partial charge in [0.25, 0.3) is 11.5 Å². The van der Waals surface area contributed by atoms with Crippen LogP contribution in [0.3, 0.4) is 0 Å². The van der Waals surface area contributed by atoms with Gasteiger partial charge in [-0.3, -0.25) is 14.2 Å². The van der Waals surface area contributed by atoms with Gasteiger partial charge >= 0.3 is 12.1 Å². The maximum Gasteiger partial charge on any atom is 0.490 e. The summed E-state index contributed by atoms with van der Waals surface area (Å²) >= 11 is 0. The monoisotopic (exact) mass is 505 g/mol. The lowest BCUT2D eigenvalue weighted by atomic mass is 10.1. The number of nitrogens with one attached hydrogen (secondary N) is 2. The molecule has 2 heterocycles. The number of aliphatic carboxylic acids is 1. The summed E-state index contributed by atoms with van der Waals surface area (Å²) in [4.78, 5) is 40.9. The summed E-state index contributed by atoms with van der Waals surface area (Å²) in [6, 6.07) is 11.0. The van der Waals surface area contributed by atoms with Crippen molar-refractivity contribution < 1.29 is 27.9 Å². The van der Waals surface area contributed by atoms with Crippen LogP contribution in [0.5, 0.6) is 0 Å². The van der Waals surface area contributed by atoms with Crippen LogP contribution < -0.4 is 21.1 Å². The Morgan fingerprint density at radius 1 is 1.08 bits per heavy atom. The Morgan fingerprint density at radius 3 is 2.31 bits per heavy atom. The van der Waals surface area contributed by atoms with E-state index >= 15 is 0 Å². The second-order valence-electron chi connectivity index (χ2n) is 8.25. The van der Waals surface area contributed by atoms with Gasteiger partial charge in [-0.2, -0.15) is 13.2 Å². The van der Waals surface area contributed by atoms with Crippen molar-refractivity contribution in [3.63, 3.8) is 0 Å². The molecule has 0 bridgehead atoms. The average Bonchev–Trinajstić information content (AvgIpc) is 2.83. The van der Waals surface area contributed by atoms with Crippen molar-refractivity contribution >= 4 is 34.2 Å². The molecule has 3 aromatic rings. The third-order valence-corrected chi connectivity index (χ3v) is 5.72. The molecule has 0 saturated carbocycles. The first-order chi connectivity index (χ1) is 16.9. The van der Waals surface area contributed by atoms with Crippen LogP contribution in [0.1, 0.15) is 21.7 Å². The van der Waals surface area contributed by atoms with Crippen LogP contribution in [-0.2, 0) is 11.8 Å². The van der Waals surface area contributed by atoms with Crippen LogP contribution in [0.25, 0.3) is 10.9 Å². The standard InChI is InChI=1S/C22H25N5O2.C2HF3O2/c1-14-12-17(5-7-20(14)27-10-8-23-9-11-27)25-21(28)16-4-6-19-18(13-16)22(29)26(3)15(2)24-19;3-2(4,5)1(6)7/h4-7,12-13,23H,8-11H2,1-3H3,(H,25,28);(H,6,7). The molecule has 0 aliphatic carbocycles. The van der Waals surface area contributed by atoms with Crippen LogP contribution in [0, 0.1) is 13.8 Å². The number of fused-ring (bicyclic) bond motifs is 1. The SMILES string of the molecule is Cc1cc(NC(=O)c2ccc3nc(C)n(C)c(=O)c3c2)ccc1N1CCNCC1.O=C(O)C(F)(F)F. The van der Waals surface area contributed by atoms with Crippen LogP contribution >= 0.6 is 0 Å². The largest absolute Gasteiger partial charge is 0.490 e. The van der Waals surface area contributed by atoms with Gasteiger partial charge in [-0.25, -0.2) is 9.78 Å². The molecule has 3 N–H and O–H groups in total. The topological polar surface area (TPSA) is 117 Å². The Balaban J connectivity index is 0.000000454. The normalized spacial score (nSPS) is 13.7. The number of piperazine rings is 1. The summed E-state index contributed by atoms with van der Waals surface area (Å²) in [6.07, 6.45) is -5.08. The molecule has 0 unspecified atom stereocenters. The van der Waals surface area contributed by atoms with Crippen molar-refractivity contribution in [1.82, 2.24) is 14.9 Å². The Hall–Kier alpha value is -3.93. The fraction of sp³-hybridized carbons (Fsp3) is 0.333. The number of anilines is 2. The van der Waals surface area contributed by atoms with Crippen molar-refractivity contribution in [2.45, 2.75) is 20.0 Å². The number of carbonyl (C=O) groups is 2. The number of nitrogens with zero attached hydrogens (tertiary/aromatic N) is 3. The molecule has 36 heavy (non-hydrogen) atoms.